The highest BCUT2D eigenvalue weighted by Crippen LogP contribution is 2.35. The minimum atomic E-state index is -4.76. The normalized spacial score (nSPS) is 11.3. The van der Waals surface area contributed by atoms with E-state index in [2.05, 4.69) is 14.7 Å². The van der Waals surface area contributed by atoms with Gasteiger partial charge in [0, 0.05) is 7.11 Å². The third kappa shape index (κ3) is 4.62. The Bertz CT molecular complexity index is 693. The Morgan fingerprint density at radius 3 is 2.29 bits per heavy atom. The predicted molar refractivity (Wildman–Crippen MR) is 80.3 cm³/mol. The number of nitrogens with two attached hydrogens (primary N) is 2. The van der Waals surface area contributed by atoms with E-state index < -0.39 is 6.36 Å². The average Bonchev–Trinajstić information content (AvgIpc) is 2.47. The lowest BCUT2D eigenvalue weighted by Crippen LogP contribution is -2.17. The fourth-order valence-corrected chi connectivity index (χ4v) is 1.89. The lowest BCUT2D eigenvalue weighted by atomic mass is 10.1. The molecule has 0 saturated carbocycles. The van der Waals surface area contributed by atoms with E-state index in [0.717, 1.165) is 12.1 Å². The molecule has 0 aliphatic rings. The standard InChI is InChI=1S/C14H15F3N4O3/c1-22-6-7-23-12-10(11(18)20-13(19)21-12)8-2-4-9(5-3-8)24-14(15,16)17/h2-5H,6-7H2,1H3,(H4,18,19,20,21). The van der Waals surface area contributed by atoms with Crippen LogP contribution in [0.1, 0.15) is 0 Å². The van der Waals surface area contributed by atoms with Crippen LogP contribution in [0.15, 0.2) is 24.3 Å². The summed E-state index contributed by atoms with van der Waals surface area (Å²) in [5.74, 6) is -0.287. The summed E-state index contributed by atoms with van der Waals surface area (Å²) in [5.41, 5.74) is 12.2. The van der Waals surface area contributed by atoms with Crippen LogP contribution in [0.4, 0.5) is 24.9 Å². The molecule has 0 aliphatic carbocycles. The number of anilines is 2. The molecule has 1 aromatic heterocycles. The summed E-state index contributed by atoms with van der Waals surface area (Å²) >= 11 is 0. The van der Waals surface area contributed by atoms with Gasteiger partial charge in [0.1, 0.15) is 18.2 Å². The van der Waals surface area contributed by atoms with Crippen LogP contribution in [-0.2, 0) is 4.74 Å². The summed E-state index contributed by atoms with van der Waals surface area (Å²) in [5, 5.41) is 0. The van der Waals surface area contributed by atoms with Gasteiger partial charge in [-0.3, -0.25) is 0 Å². The van der Waals surface area contributed by atoms with Crippen molar-refractivity contribution < 1.29 is 27.4 Å². The monoisotopic (exact) mass is 344 g/mol. The van der Waals surface area contributed by atoms with E-state index in [9.17, 15) is 13.2 Å². The van der Waals surface area contributed by atoms with Crippen LogP contribution >= 0.6 is 0 Å². The Kier molecular flexibility index (Phi) is 5.29. The molecule has 0 atom stereocenters. The molecule has 2 aromatic rings. The Morgan fingerprint density at radius 1 is 1.04 bits per heavy atom. The molecular formula is C14H15F3N4O3. The molecule has 0 amide bonds. The Labute approximate surface area is 135 Å². The van der Waals surface area contributed by atoms with E-state index in [1.807, 2.05) is 0 Å². The van der Waals surface area contributed by atoms with Crippen LogP contribution < -0.4 is 20.9 Å². The molecule has 130 valence electrons. The van der Waals surface area contributed by atoms with Gasteiger partial charge in [-0.05, 0) is 17.7 Å². The molecule has 0 fully saturated rings. The number of aromatic nitrogens is 2. The van der Waals surface area contributed by atoms with Gasteiger partial charge in [-0.2, -0.15) is 9.97 Å². The molecule has 0 aliphatic heterocycles. The molecule has 1 heterocycles. The lowest BCUT2D eigenvalue weighted by Gasteiger charge is -2.14. The number of benzene rings is 1. The summed E-state index contributed by atoms with van der Waals surface area (Å²) < 4.78 is 50.8. The van der Waals surface area contributed by atoms with Crippen molar-refractivity contribution in [2.24, 2.45) is 0 Å². The second kappa shape index (κ2) is 7.21. The molecule has 10 heteroatoms. The van der Waals surface area contributed by atoms with Gasteiger partial charge in [0.25, 0.3) is 0 Å². The first-order chi connectivity index (χ1) is 11.3. The summed E-state index contributed by atoms with van der Waals surface area (Å²) in [4.78, 5) is 7.80. The highest BCUT2D eigenvalue weighted by atomic mass is 19.4. The number of alkyl halides is 3. The summed E-state index contributed by atoms with van der Waals surface area (Å²) in [6.45, 7) is 0.496. The average molecular weight is 344 g/mol. The molecule has 0 saturated heterocycles. The number of nitrogens with zero attached hydrogens (tertiary/aromatic N) is 2. The zero-order valence-electron chi connectivity index (χ0n) is 12.6. The SMILES string of the molecule is COCCOc1nc(N)nc(N)c1-c1ccc(OC(F)(F)F)cc1. The van der Waals surface area contributed by atoms with Gasteiger partial charge in [-0.15, -0.1) is 13.2 Å². The van der Waals surface area contributed by atoms with Crippen LogP contribution in [-0.4, -0.2) is 36.7 Å². The van der Waals surface area contributed by atoms with Gasteiger partial charge in [0.05, 0.1) is 12.2 Å². The predicted octanol–water partition coefficient (Wildman–Crippen LogP) is 2.23. The summed E-state index contributed by atoms with van der Waals surface area (Å²) in [6.07, 6.45) is -4.76. The molecule has 24 heavy (non-hydrogen) atoms. The van der Waals surface area contributed by atoms with Crippen LogP contribution in [0, 0.1) is 0 Å². The van der Waals surface area contributed by atoms with Crippen molar-refractivity contribution in [3.8, 4) is 22.8 Å². The largest absolute Gasteiger partial charge is 0.573 e. The van der Waals surface area contributed by atoms with Crippen molar-refractivity contribution in [1.29, 1.82) is 0 Å². The van der Waals surface area contributed by atoms with Crippen LogP contribution in [0.25, 0.3) is 11.1 Å². The number of hydrogen-bond donors (Lipinski definition) is 2. The van der Waals surface area contributed by atoms with Gasteiger partial charge in [-0.25, -0.2) is 0 Å². The van der Waals surface area contributed by atoms with Gasteiger partial charge in [-0.1, -0.05) is 12.1 Å². The van der Waals surface area contributed by atoms with E-state index >= 15 is 0 Å². The topological polar surface area (TPSA) is 106 Å². The smallest absolute Gasteiger partial charge is 0.475 e. The van der Waals surface area contributed by atoms with E-state index in [1.165, 1.54) is 19.2 Å². The quantitative estimate of drug-likeness (QED) is 0.774. The van der Waals surface area contributed by atoms with Gasteiger partial charge >= 0.3 is 6.36 Å². The molecule has 0 bridgehead atoms. The number of rotatable bonds is 6. The van der Waals surface area contributed by atoms with E-state index in [0.29, 0.717) is 17.7 Å². The van der Waals surface area contributed by atoms with E-state index in [1.54, 1.807) is 0 Å². The Balaban J connectivity index is 2.33. The van der Waals surface area contributed by atoms with Crippen molar-refractivity contribution in [1.82, 2.24) is 9.97 Å². The summed E-state index contributed by atoms with van der Waals surface area (Å²) in [7, 11) is 1.51. The molecule has 0 radical (unpaired) electrons. The first-order valence-electron chi connectivity index (χ1n) is 6.71. The third-order valence-corrected chi connectivity index (χ3v) is 2.82. The number of hydrogen-bond acceptors (Lipinski definition) is 7. The molecule has 1 aromatic carbocycles. The van der Waals surface area contributed by atoms with Gasteiger partial charge in [0.15, 0.2) is 0 Å². The van der Waals surface area contributed by atoms with Crippen molar-refractivity contribution in [2.45, 2.75) is 6.36 Å². The van der Waals surface area contributed by atoms with Gasteiger partial charge < -0.3 is 25.7 Å². The molecule has 7 nitrogen and oxygen atoms in total. The number of methoxy groups -OCH3 is 1. The summed E-state index contributed by atoms with van der Waals surface area (Å²) in [6, 6.07) is 5.07. The van der Waals surface area contributed by atoms with Crippen molar-refractivity contribution in [2.75, 3.05) is 31.8 Å². The molecule has 0 unspecified atom stereocenters. The number of halogens is 3. The van der Waals surface area contributed by atoms with Gasteiger partial charge in [0.2, 0.25) is 11.8 Å². The van der Waals surface area contributed by atoms with E-state index in [-0.39, 0.29) is 30.0 Å². The zero-order valence-corrected chi connectivity index (χ0v) is 12.6. The number of ether oxygens (including phenoxy) is 3. The minimum Gasteiger partial charge on any atom is -0.475 e. The highest BCUT2D eigenvalue weighted by Gasteiger charge is 2.31. The third-order valence-electron chi connectivity index (χ3n) is 2.82. The molecular weight excluding hydrogens is 329 g/mol. The van der Waals surface area contributed by atoms with E-state index in [4.69, 9.17) is 20.9 Å². The zero-order chi connectivity index (χ0) is 17.7. The fourth-order valence-electron chi connectivity index (χ4n) is 1.89. The highest BCUT2D eigenvalue weighted by molar-refractivity contribution is 5.79. The maximum Gasteiger partial charge on any atom is 0.573 e. The molecule has 4 N–H and O–H groups in total. The maximum absolute atomic E-state index is 12.2. The fraction of sp³-hybridized carbons (Fsp3) is 0.286. The van der Waals surface area contributed by atoms with Crippen molar-refractivity contribution in [3.05, 3.63) is 24.3 Å². The van der Waals surface area contributed by atoms with Crippen molar-refractivity contribution >= 4 is 11.8 Å². The number of nitrogen functional groups attached to an aromatic ring is 2. The minimum absolute atomic E-state index is 0.0411. The van der Waals surface area contributed by atoms with Crippen LogP contribution in [0.5, 0.6) is 11.6 Å². The second-order valence-corrected chi connectivity index (χ2v) is 4.56. The Hall–Kier alpha value is -2.75. The molecule has 2 rings (SSSR count). The lowest BCUT2D eigenvalue weighted by molar-refractivity contribution is -0.274. The first kappa shape index (κ1) is 17.6. The molecule has 0 spiro atoms. The van der Waals surface area contributed by atoms with Crippen LogP contribution in [0.2, 0.25) is 0 Å². The van der Waals surface area contributed by atoms with Crippen LogP contribution in [0.3, 0.4) is 0 Å². The Morgan fingerprint density at radius 2 is 1.71 bits per heavy atom. The van der Waals surface area contributed by atoms with Crippen molar-refractivity contribution in [3.63, 3.8) is 0 Å². The maximum atomic E-state index is 12.2. The second-order valence-electron chi connectivity index (χ2n) is 4.56. The first-order valence-corrected chi connectivity index (χ1v) is 6.71.